The molecule has 0 aromatic carbocycles. The van der Waals surface area contributed by atoms with Crippen molar-refractivity contribution in [1.82, 2.24) is 15.3 Å². The van der Waals surface area contributed by atoms with E-state index in [0.29, 0.717) is 25.5 Å². The lowest BCUT2D eigenvalue weighted by molar-refractivity contribution is -0.120. The molecular weight excluding hydrogens is 194 g/mol. The van der Waals surface area contributed by atoms with E-state index in [2.05, 4.69) is 15.3 Å². The van der Waals surface area contributed by atoms with Gasteiger partial charge < -0.3 is 16.0 Å². The minimum Gasteiger partial charge on any atom is -0.353 e. The maximum Gasteiger partial charge on any atom is 0.239 e. The SMILES string of the molecule is NCc1nccc(N2CCNC(=O)C2)n1. The molecule has 0 radical (unpaired) electrons. The molecule has 1 aliphatic rings. The average Bonchev–Trinajstić information content (AvgIpc) is 2.29. The highest BCUT2D eigenvalue weighted by Crippen LogP contribution is 2.10. The van der Waals surface area contributed by atoms with Crippen molar-refractivity contribution in [1.29, 1.82) is 0 Å². The van der Waals surface area contributed by atoms with E-state index in [9.17, 15) is 4.79 Å². The van der Waals surface area contributed by atoms with Gasteiger partial charge in [-0.3, -0.25) is 4.79 Å². The number of hydrogen-bond acceptors (Lipinski definition) is 5. The van der Waals surface area contributed by atoms with Gasteiger partial charge in [0.15, 0.2) is 0 Å². The van der Waals surface area contributed by atoms with Gasteiger partial charge >= 0.3 is 0 Å². The number of hydrogen-bond donors (Lipinski definition) is 2. The molecule has 6 heteroatoms. The highest BCUT2D eigenvalue weighted by Gasteiger charge is 2.17. The van der Waals surface area contributed by atoms with Gasteiger partial charge in [0.2, 0.25) is 5.91 Å². The Morgan fingerprint density at radius 1 is 1.60 bits per heavy atom. The molecule has 80 valence electrons. The maximum absolute atomic E-state index is 11.2. The Labute approximate surface area is 87.5 Å². The van der Waals surface area contributed by atoms with Crippen LogP contribution < -0.4 is 16.0 Å². The summed E-state index contributed by atoms with van der Waals surface area (Å²) in [5.74, 6) is 1.38. The van der Waals surface area contributed by atoms with Crippen LogP contribution in [0.1, 0.15) is 5.82 Å². The number of rotatable bonds is 2. The quantitative estimate of drug-likeness (QED) is 0.641. The van der Waals surface area contributed by atoms with Crippen LogP contribution in [0, 0.1) is 0 Å². The van der Waals surface area contributed by atoms with E-state index in [0.717, 1.165) is 12.4 Å². The van der Waals surface area contributed by atoms with Gasteiger partial charge in [-0.15, -0.1) is 0 Å². The summed E-state index contributed by atoms with van der Waals surface area (Å²) in [6.07, 6.45) is 1.66. The first-order valence-electron chi connectivity index (χ1n) is 4.83. The molecule has 0 saturated carbocycles. The molecule has 0 unspecified atom stereocenters. The van der Waals surface area contributed by atoms with Crippen molar-refractivity contribution >= 4 is 11.7 Å². The van der Waals surface area contributed by atoms with Crippen molar-refractivity contribution in [2.75, 3.05) is 24.5 Å². The van der Waals surface area contributed by atoms with Crippen LogP contribution in [0.3, 0.4) is 0 Å². The molecule has 1 aromatic heterocycles. The second-order valence-electron chi connectivity index (χ2n) is 3.31. The van der Waals surface area contributed by atoms with Crippen molar-refractivity contribution in [3.63, 3.8) is 0 Å². The molecule has 1 aliphatic heterocycles. The molecule has 1 fully saturated rings. The van der Waals surface area contributed by atoms with Gasteiger partial charge in [0.05, 0.1) is 13.1 Å². The third-order valence-corrected chi connectivity index (χ3v) is 2.24. The average molecular weight is 207 g/mol. The zero-order chi connectivity index (χ0) is 10.7. The van der Waals surface area contributed by atoms with Gasteiger partial charge in [-0.1, -0.05) is 0 Å². The fourth-order valence-corrected chi connectivity index (χ4v) is 1.50. The minimum absolute atomic E-state index is 0.0224. The number of nitrogens with zero attached hydrogens (tertiary/aromatic N) is 3. The second-order valence-corrected chi connectivity index (χ2v) is 3.31. The van der Waals surface area contributed by atoms with E-state index in [-0.39, 0.29) is 5.91 Å². The third-order valence-electron chi connectivity index (χ3n) is 2.24. The summed E-state index contributed by atoms with van der Waals surface area (Å²) in [6, 6.07) is 1.79. The maximum atomic E-state index is 11.2. The van der Waals surface area contributed by atoms with Crippen LogP contribution in [-0.2, 0) is 11.3 Å². The molecule has 1 saturated heterocycles. The summed E-state index contributed by atoms with van der Waals surface area (Å²) < 4.78 is 0. The van der Waals surface area contributed by atoms with Crippen molar-refractivity contribution in [3.05, 3.63) is 18.1 Å². The minimum atomic E-state index is 0.0224. The molecule has 3 N–H and O–H groups in total. The summed E-state index contributed by atoms with van der Waals surface area (Å²) in [4.78, 5) is 21.4. The number of nitrogens with two attached hydrogens (primary N) is 1. The van der Waals surface area contributed by atoms with Crippen molar-refractivity contribution in [2.45, 2.75) is 6.54 Å². The monoisotopic (exact) mass is 207 g/mol. The molecule has 0 aliphatic carbocycles. The number of anilines is 1. The topological polar surface area (TPSA) is 84.1 Å². The van der Waals surface area contributed by atoms with Gasteiger partial charge in [-0.2, -0.15) is 0 Å². The van der Waals surface area contributed by atoms with E-state index < -0.39 is 0 Å². The molecule has 15 heavy (non-hydrogen) atoms. The highest BCUT2D eigenvalue weighted by atomic mass is 16.2. The van der Waals surface area contributed by atoms with Crippen LogP contribution in [0.25, 0.3) is 0 Å². The summed E-state index contributed by atoms with van der Waals surface area (Å²) in [5.41, 5.74) is 5.45. The zero-order valence-electron chi connectivity index (χ0n) is 8.31. The Morgan fingerprint density at radius 2 is 2.47 bits per heavy atom. The predicted molar refractivity (Wildman–Crippen MR) is 55.1 cm³/mol. The number of carbonyl (C=O) groups excluding carboxylic acids is 1. The summed E-state index contributed by atoms with van der Waals surface area (Å²) in [6.45, 7) is 2.09. The van der Waals surface area contributed by atoms with Crippen molar-refractivity contribution < 1.29 is 4.79 Å². The van der Waals surface area contributed by atoms with E-state index >= 15 is 0 Å². The van der Waals surface area contributed by atoms with Crippen LogP contribution in [-0.4, -0.2) is 35.5 Å². The van der Waals surface area contributed by atoms with Gasteiger partial charge in [0.25, 0.3) is 0 Å². The number of aromatic nitrogens is 2. The van der Waals surface area contributed by atoms with Crippen LogP contribution in [0.5, 0.6) is 0 Å². The molecule has 0 bridgehead atoms. The number of amides is 1. The lowest BCUT2D eigenvalue weighted by Crippen LogP contribution is -2.48. The van der Waals surface area contributed by atoms with Gasteiger partial charge in [-0.25, -0.2) is 9.97 Å². The summed E-state index contributed by atoms with van der Waals surface area (Å²) >= 11 is 0. The number of carbonyl (C=O) groups is 1. The second kappa shape index (κ2) is 4.22. The molecule has 2 heterocycles. The van der Waals surface area contributed by atoms with E-state index in [1.807, 2.05) is 4.90 Å². The Kier molecular flexibility index (Phi) is 2.77. The largest absolute Gasteiger partial charge is 0.353 e. The first-order chi connectivity index (χ1) is 7.29. The van der Waals surface area contributed by atoms with E-state index in [1.54, 1.807) is 12.3 Å². The molecule has 6 nitrogen and oxygen atoms in total. The molecular formula is C9H13N5O. The number of nitrogens with one attached hydrogen (secondary N) is 1. The van der Waals surface area contributed by atoms with Crippen molar-refractivity contribution in [3.8, 4) is 0 Å². The Hall–Kier alpha value is -1.69. The van der Waals surface area contributed by atoms with E-state index in [1.165, 1.54) is 0 Å². The van der Waals surface area contributed by atoms with Gasteiger partial charge in [0, 0.05) is 19.3 Å². The summed E-state index contributed by atoms with van der Waals surface area (Å²) in [7, 11) is 0. The predicted octanol–water partition coefficient (Wildman–Crippen LogP) is -1.13. The Morgan fingerprint density at radius 3 is 3.20 bits per heavy atom. The molecule has 1 amide bonds. The van der Waals surface area contributed by atoms with Crippen LogP contribution in [0.4, 0.5) is 5.82 Å². The Bertz CT molecular complexity index is 367. The lowest BCUT2D eigenvalue weighted by atomic mass is 10.3. The molecule has 2 rings (SSSR count). The smallest absolute Gasteiger partial charge is 0.239 e. The number of piperazine rings is 1. The fraction of sp³-hybridized carbons (Fsp3) is 0.444. The van der Waals surface area contributed by atoms with Crippen LogP contribution in [0.2, 0.25) is 0 Å². The summed E-state index contributed by atoms with van der Waals surface area (Å²) in [5, 5.41) is 2.76. The first-order valence-corrected chi connectivity index (χ1v) is 4.83. The third kappa shape index (κ3) is 2.21. The van der Waals surface area contributed by atoms with Gasteiger partial charge in [-0.05, 0) is 6.07 Å². The Balaban J connectivity index is 2.17. The molecule has 1 aromatic rings. The van der Waals surface area contributed by atoms with Crippen molar-refractivity contribution in [2.24, 2.45) is 5.73 Å². The van der Waals surface area contributed by atoms with Crippen LogP contribution in [0.15, 0.2) is 12.3 Å². The van der Waals surface area contributed by atoms with Gasteiger partial charge in [0.1, 0.15) is 11.6 Å². The first kappa shape index (κ1) is 9.85. The highest BCUT2D eigenvalue weighted by molar-refractivity contribution is 5.82. The standard InChI is InChI=1S/C9H13N5O/c10-5-7-11-2-1-8(13-7)14-4-3-12-9(15)6-14/h1-2H,3-6,10H2,(H,12,15). The zero-order valence-corrected chi connectivity index (χ0v) is 8.31. The van der Waals surface area contributed by atoms with E-state index in [4.69, 9.17) is 5.73 Å². The normalized spacial score (nSPS) is 16.3. The van der Waals surface area contributed by atoms with Crippen LogP contribution >= 0.6 is 0 Å². The lowest BCUT2D eigenvalue weighted by Gasteiger charge is -2.27. The fourth-order valence-electron chi connectivity index (χ4n) is 1.50. The molecule has 0 atom stereocenters. The molecule has 0 spiro atoms.